The maximum absolute atomic E-state index is 7.10. The van der Waals surface area contributed by atoms with E-state index in [-0.39, 0.29) is 0 Å². The van der Waals surface area contributed by atoms with Gasteiger partial charge in [0.15, 0.2) is 69.3 Å². The van der Waals surface area contributed by atoms with Crippen LogP contribution in [-0.2, 0) is 0 Å². The zero-order valence-corrected chi connectivity index (χ0v) is 93.8. The van der Waals surface area contributed by atoms with Crippen molar-refractivity contribution in [3.63, 3.8) is 0 Å². The lowest BCUT2D eigenvalue weighted by molar-refractivity contribution is 0.258. The van der Waals surface area contributed by atoms with Crippen molar-refractivity contribution in [2.75, 3.05) is 52.9 Å². The summed E-state index contributed by atoms with van der Waals surface area (Å²) >= 11 is 0. The van der Waals surface area contributed by atoms with E-state index in [1.54, 1.807) is 0 Å². The summed E-state index contributed by atoms with van der Waals surface area (Å²) in [6, 6.07) is 17.2. The average molecular weight is 1990 g/mol. The highest BCUT2D eigenvalue weighted by Crippen LogP contribution is 2.48. The van der Waals surface area contributed by atoms with Gasteiger partial charge < -0.3 is 47.9 Å². The second kappa shape index (κ2) is 78.8. The van der Waals surface area contributed by atoms with Gasteiger partial charge >= 0.3 is 0 Å². The van der Waals surface area contributed by atoms with E-state index < -0.39 is 0 Å². The number of fused-ring (bicyclic) bond motifs is 20. The molecule has 2 aliphatic heterocycles. The Hall–Kier alpha value is -7.36. The Morgan fingerprint density at radius 3 is 0.403 bits per heavy atom. The van der Waals surface area contributed by atoms with Gasteiger partial charge in [0.25, 0.3) is 0 Å². The van der Waals surface area contributed by atoms with Crippen LogP contribution in [-0.4, -0.2) is 92.7 Å². The third-order valence-electron chi connectivity index (χ3n) is 30.1. The molecule has 4 aromatic carbocycles. The van der Waals surface area contributed by atoms with Crippen molar-refractivity contribution in [2.45, 2.75) is 569 Å². The number of aromatic amines is 2. The molecule has 0 aliphatic carbocycles. The van der Waals surface area contributed by atoms with E-state index in [9.17, 15) is 0 Å². The minimum atomic E-state index is 0.465. The first-order valence-corrected chi connectivity index (χ1v) is 61.9. The first-order valence-electron chi connectivity index (χ1n) is 61.9. The predicted molar refractivity (Wildman–Crippen MR) is 615 cm³/mol. The van der Waals surface area contributed by atoms with E-state index in [0.29, 0.717) is 145 Å². The molecule has 144 heavy (non-hydrogen) atoms. The molecule has 0 amide bonds. The Kier molecular flexibility index (Phi) is 65.8. The molecule has 810 valence electrons. The summed E-state index contributed by atoms with van der Waals surface area (Å²) in [7, 11) is 0. The molecule has 2 N–H and O–H groups in total. The maximum atomic E-state index is 7.10. The number of hydrogen-bond acceptors (Lipinski definition) is 14. The molecule has 9 rings (SSSR count). The van der Waals surface area contributed by atoms with Crippen LogP contribution in [0, 0.1) is 0 Å². The number of nitrogens with one attached hydrogen (secondary N) is 2. The predicted octanol–water partition coefficient (Wildman–Crippen LogP) is 41.3. The number of aromatic nitrogens is 8. The Morgan fingerprint density at radius 1 is 0.139 bits per heavy atom. The van der Waals surface area contributed by atoms with E-state index >= 15 is 0 Å². The molecule has 5 heterocycles. The highest BCUT2D eigenvalue weighted by atomic mass is 16.5. The van der Waals surface area contributed by atoms with Gasteiger partial charge in [0, 0.05) is 43.8 Å². The second-order valence-corrected chi connectivity index (χ2v) is 43.2. The highest BCUT2D eigenvalue weighted by Gasteiger charge is 2.30. The summed E-state index contributed by atoms with van der Waals surface area (Å²) < 4.78 is 56.8. The summed E-state index contributed by atoms with van der Waals surface area (Å²) in [6.07, 6.45) is 99.3. The topological polar surface area (TPSA) is 183 Å². The van der Waals surface area contributed by atoms with E-state index in [4.69, 9.17) is 67.8 Å². The fourth-order valence-electron chi connectivity index (χ4n) is 20.9. The monoisotopic (exact) mass is 1990 g/mol. The minimum absolute atomic E-state index is 0.465. The number of ether oxygens (including phenoxy) is 8. The first kappa shape index (κ1) is 120. The summed E-state index contributed by atoms with van der Waals surface area (Å²) in [4.78, 5) is 42.5. The number of H-pyrrole nitrogens is 2. The van der Waals surface area contributed by atoms with Crippen LogP contribution in [0.3, 0.4) is 0 Å². The van der Waals surface area contributed by atoms with Gasteiger partial charge in [-0.05, 0) is 99.9 Å². The molecular formula is C128H210N8O8. The van der Waals surface area contributed by atoms with Crippen LogP contribution in [0.25, 0.3) is 89.7 Å². The third kappa shape index (κ3) is 47.7. The lowest BCUT2D eigenvalue weighted by Gasteiger charge is -2.15. The second-order valence-electron chi connectivity index (χ2n) is 43.2. The Morgan fingerprint density at radius 2 is 0.257 bits per heavy atom. The summed E-state index contributed by atoms with van der Waals surface area (Å²) in [5.74, 6) is 7.44. The molecule has 3 aromatic heterocycles. The fourth-order valence-corrected chi connectivity index (χ4v) is 20.9. The average Bonchev–Trinajstić information content (AvgIpc) is 1.58. The molecule has 0 fully saturated rings. The standard InChI is InChI=1S/C128H210N8O8/c1-9-17-25-33-41-49-57-65-73-81-89-137-113-97-105-106(98-114(113)138-90-82-74-66-58-50-42-34-26-18-10-2)122-129-121(105)133-123-107-99-115(139-91-83-75-67-59-51-43-35-27-19-11-3)116(140-92-84-76-68-60-52-44-36-28-20-12-4)100-108(107)125(130-123)135-127-111-103-119(143-95-87-79-71-63-55-47-39-31-23-15-7)120(144-96-88-80-72-64-56-48-40-32-24-16-8)104-112(111)128(132-127)136-126-110-102-118(142-94-86-78-70-62-54-46-38-30-22-14-6)117(101-109(110)124(131-126)134-122)141-93-85-77-69-61-53-45-37-29-21-13-5/h97-104H,9-96H2,1-8H3,(H2,129,130,131,132,133,134,135,136). The number of hydrogen-bond donors (Lipinski definition) is 2. The van der Waals surface area contributed by atoms with Crippen LogP contribution in [0.5, 0.6) is 46.0 Å². The molecule has 16 heteroatoms. The smallest absolute Gasteiger partial charge is 0.164 e. The number of unbranched alkanes of at least 4 members (excludes halogenated alkanes) is 72. The molecule has 7 aromatic rings. The van der Waals surface area contributed by atoms with Crippen LogP contribution in [0.15, 0.2) is 48.5 Å². The van der Waals surface area contributed by atoms with Gasteiger partial charge in [-0.2, -0.15) is 0 Å². The van der Waals surface area contributed by atoms with Gasteiger partial charge in [0.05, 0.1) is 52.9 Å². The van der Waals surface area contributed by atoms with Crippen molar-refractivity contribution in [1.82, 2.24) is 39.9 Å². The number of benzene rings is 4. The maximum Gasteiger partial charge on any atom is 0.164 e. The van der Waals surface area contributed by atoms with Gasteiger partial charge in [-0.25, -0.2) is 29.9 Å². The van der Waals surface area contributed by atoms with Gasteiger partial charge in [-0.15, -0.1) is 0 Å². The lowest BCUT2D eigenvalue weighted by atomic mass is 10.1. The Balaban J connectivity index is 1.25. The Bertz CT molecular complexity index is 4330. The number of nitrogens with zero attached hydrogens (tertiary/aromatic N) is 6. The molecular weight excluding hydrogens is 1780 g/mol. The highest BCUT2D eigenvalue weighted by molar-refractivity contribution is 6.09. The van der Waals surface area contributed by atoms with Crippen LogP contribution < -0.4 is 37.9 Å². The van der Waals surface area contributed by atoms with Gasteiger partial charge in [0.1, 0.15) is 22.6 Å². The zero-order chi connectivity index (χ0) is 101. The molecule has 0 saturated carbocycles. The third-order valence-corrected chi connectivity index (χ3v) is 30.1. The summed E-state index contributed by atoms with van der Waals surface area (Å²) in [6.45, 7) is 22.9. The molecule has 0 spiro atoms. The quantitative estimate of drug-likeness (QED) is 0.0343. The van der Waals surface area contributed by atoms with Crippen molar-refractivity contribution < 1.29 is 37.9 Å². The SMILES string of the molecule is CCCCCCCCCCCCOc1cc2c(cc1OCCCCCCCCCCCC)-c1nc-2nc2nc(nc3[nH]c(nc4[nH]c(n1)c1cc(OCCCCCCCCCCCC)c(OCCCCCCCCCCCC)cc41)c1cc(OCCCCCCCCCCCC)c(OCCCCCCCCCCCC)cc31)-c1cc(OCCCCCCCCCCCC)c(OCCCCCCCCCCCC)cc1-2. The van der Waals surface area contributed by atoms with Crippen LogP contribution in [0.4, 0.5) is 0 Å². The molecule has 0 radical (unpaired) electrons. The molecule has 0 atom stereocenters. The molecule has 16 nitrogen and oxygen atoms in total. The minimum Gasteiger partial charge on any atom is -0.490 e. The van der Waals surface area contributed by atoms with Crippen LogP contribution in [0.1, 0.15) is 569 Å². The van der Waals surface area contributed by atoms with Crippen molar-refractivity contribution in [3.05, 3.63) is 48.5 Å². The van der Waals surface area contributed by atoms with Crippen LogP contribution >= 0.6 is 0 Å². The van der Waals surface area contributed by atoms with Crippen LogP contribution in [0.2, 0.25) is 0 Å². The van der Waals surface area contributed by atoms with E-state index in [2.05, 4.69) is 114 Å². The van der Waals surface area contributed by atoms with Crippen molar-refractivity contribution in [1.29, 1.82) is 0 Å². The summed E-state index contributed by atoms with van der Waals surface area (Å²) in [5.41, 5.74) is 5.51. The fraction of sp³-hybridized carbons (Fsp3) is 0.750. The lowest BCUT2D eigenvalue weighted by Crippen LogP contribution is -2.04. The van der Waals surface area contributed by atoms with Gasteiger partial charge in [0.2, 0.25) is 0 Å². The first-order chi connectivity index (χ1) is 71.3. The molecule has 0 unspecified atom stereocenters. The molecule has 8 bridgehead atoms. The van der Waals surface area contributed by atoms with Crippen molar-refractivity contribution in [2.24, 2.45) is 0 Å². The van der Waals surface area contributed by atoms with Gasteiger partial charge in [-0.1, -0.05) is 518 Å². The van der Waals surface area contributed by atoms with E-state index in [1.807, 2.05) is 0 Å². The summed E-state index contributed by atoms with van der Waals surface area (Å²) in [5, 5.41) is 3.34. The molecule has 2 aliphatic rings. The largest absolute Gasteiger partial charge is 0.490 e. The van der Waals surface area contributed by atoms with Crippen molar-refractivity contribution >= 4 is 44.1 Å². The zero-order valence-electron chi connectivity index (χ0n) is 93.8. The van der Waals surface area contributed by atoms with Crippen molar-refractivity contribution in [3.8, 4) is 91.5 Å². The van der Waals surface area contributed by atoms with E-state index in [1.165, 1.54) is 411 Å². The normalized spacial score (nSPS) is 11.8. The molecule has 0 saturated heterocycles. The van der Waals surface area contributed by atoms with E-state index in [0.717, 1.165) is 147 Å². The van der Waals surface area contributed by atoms with Gasteiger partial charge in [-0.3, -0.25) is 0 Å². The Labute approximate surface area is 878 Å². The number of rotatable bonds is 96.